The SMILES string of the molecule is C[C@@H](CCCC1CN(c2ccc(C(=O)O)cc2)CCO1)c1cccc2ccccc12. The van der Waals surface area contributed by atoms with Crippen molar-refractivity contribution in [2.24, 2.45) is 0 Å². The van der Waals surface area contributed by atoms with Crippen LogP contribution in [0.5, 0.6) is 0 Å². The highest BCUT2D eigenvalue weighted by molar-refractivity contribution is 5.88. The maximum absolute atomic E-state index is 11.1. The lowest BCUT2D eigenvalue weighted by atomic mass is 9.90. The van der Waals surface area contributed by atoms with Gasteiger partial charge in [0.2, 0.25) is 0 Å². The molecule has 0 aromatic heterocycles. The van der Waals surface area contributed by atoms with Crippen molar-refractivity contribution >= 4 is 22.4 Å². The summed E-state index contributed by atoms with van der Waals surface area (Å²) in [5.74, 6) is -0.374. The molecule has 0 amide bonds. The highest BCUT2D eigenvalue weighted by atomic mass is 16.5. The van der Waals surface area contributed by atoms with Crippen LogP contribution in [0.1, 0.15) is 48.0 Å². The van der Waals surface area contributed by atoms with E-state index in [9.17, 15) is 4.79 Å². The van der Waals surface area contributed by atoms with Gasteiger partial charge in [-0.25, -0.2) is 4.79 Å². The maximum atomic E-state index is 11.1. The lowest BCUT2D eigenvalue weighted by molar-refractivity contribution is 0.0334. The lowest BCUT2D eigenvalue weighted by Crippen LogP contribution is -2.42. The second-order valence-electron chi connectivity index (χ2n) is 8.19. The average Bonchev–Trinajstić information content (AvgIpc) is 2.79. The lowest BCUT2D eigenvalue weighted by Gasteiger charge is -2.34. The van der Waals surface area contributed by atoms with Crippen LogP contribution < -0.4 is 4.90 Å². The number of carboxylic acids is 1. The summed E-state index contributed by atoms with van der Waals surface area (Å²) in [5, 5.41) is 11.7. The molecule has 1 aliphatic rings. The van der Waals surface area contributed by atoms with Crippen LogP contribution in [0.2, 0.25) is 0 Å². The third-order valence-corrected chi connectivity index (χ3v) is 6.14. The number of hydrogen-bond donors (Lipinski definition) is 1. The third kappa shape index (κ3) is 4.65. The van der Waals surface area contributed by atoms with Crippen LogP contribution in [0, 0.1) is 0 Å². The van der Waals surface area contributed by atoms with Gasteiger partial charge in [-0.1, -0.05) is 55.8 Å². The summed E-state index contributed by atoms with van der Waals surface area (Å²) in [4.78, 5) is 13.4. The zero-order chi connectivity index (χ0) is 20.9. The number of fused-ring (bicyclic) bond motifs is 1. The Morgan fingerprint density at radius 1 is 1.10 bits per heavy atom. The summed E-state index contributed by atoms with van der Waals surface area (Å²) in [7, 11) is 0. The fraction of sp³-hybridized carbons (Fsp3) is 0.346. The molecule has 2 atom stereocenters. The number of nitrogens with zero attached hydrogens (tertiary/aromatic N) is 1. The maximum Gasteiger partial charge on any atom is 0.335 e. The minimum absolute atomic E-state index is 0.220. The Morgan fingerprint density at radius 2 is 1.87 bits per heavy atom. The zero-order valence-electron chi connectivity index (χ0n) is 17.5. The molecule has 0 radical (unpaired) electrons. The Bertz CT molecular complexity index is 993. The van der Waals surface area contributed by atoms with Gasteiger partial charge in [0, 0.05) is 18.8 Å². The molecule has 0 aliphatic carbocycles. The zero-order valence-corrected chi connectivity index (χ0v) is 17.5. The van der Waals surface area contributed by atoms with Gasteiger partial charge < -0.3 is 14.7 Å². The summed E-state index contributed by atoms with van der Waals surface area (Å²) in [6.07, 6.45) is 3.53. The van der Waals surface area contributed by atoms with E-state index >= 15 is 0 Å². The first-order chi connectivity index (χ1) is 14.6. The van der Waals surface area contributed by atoms with Crippen molar-refractivity contribution in [1.82, 2.24) is 0 Å². The summed E-state index contributed by atoms with van der Waals surface area (Å²) in [6.45, 7) is 4.73. The number of carbonyl (C=O) groups is 1. The summed E-state index contributed by atoms with van der Waals surface area (Å²) >= 11 is 0. The first-order valence-electron chi connectivity index (χ1n) is 10.8. The molecule has 1 aliphatic heterocycles. The summed E-state index contributed by atoms with van der Waals surface area (Å²) in [6, 6.07) is 22.4. The van der Waals surface area contributed by atoms with E-state index in [2.05, 4.69) is 54.3 Å². The van der Waals surface area contributed by atoms with E-state index in [1.807, 2.05) is 12.1 Å². The molecule has 3 aromatic carbocycles. The van der Waals surface area contributed by atoms with Gasteiger partial charge in [0.15, 0.2) is 0 Å². The smallest absolute Gasteiger partial charge is 0.335 e. The van der Waals surface area contributed by atoms with Crippen LogP contribution in [-0.4, -0.2) is 36.9 Å². The van der Waals surface area contributed by atoms with Gasteiger partial charge in [0.1, 0.15) is 0 Å². The quantitative estimate of drug-likeness (QED) is 0.548. The summed E-state index contributed by atoms with van der Waals surface area (Å²) in [5.41, 5.74) is 2.82. The van der Waals surface area contributed by atoms with Gasteiger partial charge in [0.05, 0.1) is 18.3 Å². The van der Waals surface area contributed by atoms with E-state index in [-0.39, 0.29) is 6.10 Å². The monoisotopic (exact) mass is 403 g/mol. The predicted molar refractivity (Wildman–Crippen MR) is 122 cm³/mol. The number of carboxylic acid groups (broad SMARTS) is 1. The van der Waals surface area contributed by atoms with E-state index in [1.54, 1.807) is 12.1 Å². The fourth-order valence-electron chi connectivity index (χ4n) is 4.43. The predicted octanol–water partition coefficient (Wildman–Crippen LogP) is 5.72. The fourth-order valence-corrected chi connectivity index (χ4v) is 4.43. The number of hydrogen-bond acceptors (Lipinski definition) is 3. The van der Waals surface area contributed by atoms with Crippen molar-refractivity contribution in [1.29, 1.82) is 0 Å². The molecule has 156 valence electrons. The van der Waals surface area contributed by atoms with Crippen LogP contribution in [0.4, 0.5) is 5.69 Å². The van der Waals surface area contributed by atoms with Gasteiger partial charge in [0.25, 0.3) is 0 Å². The number of rotatable bonds is 7. The van der Waals surface area contributed by atoms with Crippen molar-refractivity contribution < 1.29 is 14.6 Å². The molecule has 4 rings (SSSR count). The average molecular weight is 404 g/mol. The first-order valence-corrected chi connectivity index (χ1v) is 10.8. The largest absolute Gasteiger partial charge is 0.478 e. The summed E-state index contributed by atoms with van der Waals surface area (Å²) < 4.78 is 6.01. The first kappa shape index (κ1) is 20.4. The van der Waals surface area contributed by atoms with Crippen molar-refractivity contribution in [2.45, 2.75) is 38.2 Å². The topological polar surface area (TPSA) is 49.8 Å². The molecular weight excluding hydrogens is 374 g/mol. The van der Waals surface area contributed by atoms with Crippen LogP contribution in [0.3, 0.4) is 0 Å². The normalized spacial score (nSPS) is 17.8. The van der Waals surface area contributed by atoms with E-state index in [0.717, 1.165) is 38.0 Å². The number of aromatic carboxylic acids is 1. The van der Waals surface area contributed by atoms with Gasteiger partial charge in [-0.2, -0.15) is 0 Å². The van der Waals surface area contributed by atoms with Crippen molar-refractivity contribution in [3.8, 4) is 0 Å². The molecule has 1 N–H and O–H groups in total. The van der Waals surface area contributed by atoms with Gasteiger partial charge in [-0.15, -0.1) is 0 Å². The molecule has 30 heavy (non-hydrogen) atoms. The van der Waals surface area contributed by atoms with Crippen molar-refractivity contribution in [2.75, 3.05) is 24.6 Å². The molecule has 1 fully saturated rings. The number of ether oxygens (including phenoxy) is 1. The number of benzene rings is 3. The van der Waals surface area contributed by atoms with Gasteiger partial charge >= 0.3 is 5.97 Å². The van der Waals surface area contributed by atoms with Crippen LogP contribution in [-0.2, 0) is 4.74 Å². The molecular formula is C26H29NO3. The van der Waals surface area contributed by atoms with Gasteiger partial charge in [-0.05, 0) is 59.4 Å². The molecule has 3 aromatic rings. The van der Waals surface area contributed by atoms with Crippen LogP contribution >= 0.6 is 0 Å². The standard InChI is InChI=1S/C26H29NO3/c1-19(24-11-5-8-20-7-2-3-10-25(20)24)6-4-9-23-18-27(16-17-30-23)22-14-12-21(13-15-22)26(28)29/h2-3,5,7-8,10-15,19,23H,4,6,9,16-18H2,1H3,(H,28,29)/t19-,23?/m0/s1. The molecule has 0 saturated carbocycles. The van der Waals surface area contributed by atoms with Crippen molar-refractivity contribution in [3.63, 3.8) is 0 Å². The second-order valence-corrected chi connectivity index (χ2v) is 8.19. The van der Waals surface area contributed by atoms with E-state index in [1.165, 1.54) is 16.3 Å². The minimum atomic E-state index is -0.887. The van der Waals surface area contributed by atoms with E-state index in [0.29, 0.717) is 18.1 Å². The van der Waals surface area contributed by atoms with Crippen LogP contribution in [0.15, 0.2) is 66.7 Å². The number of anilines is 1. The van der Waals surface area contributed by atoms with E-state index in [4.69, 9.17) is 9.84 Å². The second kappa shape index (κ2) is 9.31. The Kier molecular flexibility index (Phi) is 6.34. The Hall–Kier alpha value is -2.85. The molecule has 1 saturated heterocycles. The highest BCUT2D eigenvalue weighted by Gasteiger charge is 2.21. The Morgan fingerprint density at radius 3 is 2.67 bits per heavy atom. The molecule has 0 spiro atoms. The van der Waals surface area contributed by atoms with E-state index < -0.39 is 5.97 Å². The molecule has 1 unspecified atom stereocenters. The molecule has 0 bridgehead atoms. The number of morpholine rings is 1. The molecule has 1 heterocycles. The highest BCUT2D eigenvalue weighted by Crippen LogP contribution is 2.29. The Balaban J connectivity index is 1.32. The van der Waals surface area contributed by atoms with Crippen molar-refractivity contribution in [3.05, 3.63) is 77.9 Å². The van der Waals surface area contributed by atoms with Gasteiger partial charge in [-0.3, -0.25) is 0 Å². The molecule has 4 heteroatoms. The molecule has 4 nitrogen and oxygen atoms in total. The Labute approximate surface area is 178 Å². The minimum Gasteiger partial charge on any atom is -0.478 e. The third-order valence-electron chi connectivity index (χ3n) is 6.14. The van der Waals surface area contributed by atoms with Crippen LogP contribution in [0.25, 0.3) is 10.8 Å².